The van der Waals surface area contributed by atoms with E-state index in [0.29, 0.717) is 28.1 Å². The van der Waals surface area contributed by atoms with Crippen molar-refractivity contribution in [2.45, 2.75) is 17.3 Å². The molecule has 1 aromatic carbocycles. The van der Waals surface area contributed by atoms with Crippen LogP contribution in [0.5, 0.6) is 5.88 Å². The first-order valence-corrected chi connectivity index (χ1v) is 7.08. The van der Waals surface area contributed by atoms with Crippen molar-refractivity contribution >= 4 is 27.7 Å². The Labute approximate surface area is 122 Å². The minimum absolute atomic E-state index is 0.188. The van der Waals surface area contributed by atoms with Gasteiger partial charge in [0.05, 0.1) is 0 Å². The Hall–Kier alpha value is -1.08. The molecule has 0 amide bonds. The second kappa shape index (κ2) is 6.38. The smallest absolute Gasteiger partial charge is 0.288 e. The molecule has 0 atom stereocenters. The van der Waals surface area contributed by atoms with E-state index in [2.05, 4.69) is 21.0 Å². The molecule has 2 rings (SSSR count). The van der Waals surface area contributed by atoms with E-state index in [-0.39, 0.29) is 6.61 Å². The molecule has 19 heavy (non-hydrogen) atoms. The van der Waals surface area contributed by atoms with E-state index < -0.39 is 5.76 Å². The maximum atomic E-state index is 12.5. The van der Waals surface area contributed by atoms with Crippen LogP contribution in [-0.2, 0) is 13.7 Å². The van der Waals surface area contributed by atoms with Gasteiger partial charge in [0.25, 0.3) is 5.76 Å². The second-order valence-corrected chi connectivity index (χ2v) is 5.60. The number of ether oxygens (including phenoxy) is 1. The quantitative estimate of drug-likeness (QED) is 0.762. The summed E-state index contributed by atoms with van der Waals surface area (Å²) in [6, 6.07) is 6.89. The molecule has 2 aromatic rings. The van der Waals surface area contributed by atoms with Crippen molar-refractivity contribution in [2.75, 3.05) is 0 Å². The van der Waals surface area contributed by atoms with Gasteiger partial charge in [-0.1, -0.05) is 33.8 Å². The summed E-state index contributed by atoms with van der Waals surface area (Å²) >= 11 is 3.86. The first-order chi connectivity index (χ1) is 9.06. The monoisotopic (exact) mass is 348 g/mol. The van der Waals surface area contributed by atoms with Gasteiger partial charge >= 0.3 is 0 Å². The van der Waals surface area contributed by atoms with E-state index in [4.69, 9.17) is 4.74 Å². The summed E-state index contributed by atoms with van der Waals surface area (Å²) in [5.74, 6) is -1.99. The highest BCUT2D eigenvalue weighted by Gasteiger charge is 2.13. The zero-order chi connectivity index (χ0) is 13.8. The molecule has 0 radical (unpaired) electrons. The molecular formula is C12H11BrF2N2OS. The fraction of sp³-hybridized carbons (Fsp3) is 0.250. The lowest BCUT2D eigenvalue weighted by Gasteiger charge is -2.11. The predicted octanol–water partition coefficient (Wildman–Crippen LogP) is 4.08. The van der Waals surface area contributed by atoms with Gasteiger partial charge in [-0.2, -0.15) is 8.78 Å². The second-order valence-electron chi connectivity index (χ2n) is 3.71. The molecule has 1 heterocycles. The Morgan fingerprint density at radius 3 is 2.84 bits per heavy atom. The minimum Gasteiger partial charge on any atom is -0.472 e. The van der Waals surface area contributed by atoms with E-state index in [1.54, 1.807) is 42.2 Å². The van der Waals surface area contributed by atoms with Crippen molar-refractivity contribution in [1.82, 2.24) is 9.78 Å². The number of halogens is 3. The SMILES string of the molecule is Cn1ccc(OCc2c(Br)cccc2SC(F)F)n1. The average Bonchev–Trinajstić information content (AvgIpc) is 2.73. The summed E-state index contributed by atoms with van der Waals surface area (Å²) in [6.45, 7) is 0.188. The van der Waals surface area contributed by atoms with Crippen LogP contribution in [0.2, 0.25) is 0 Å². The molecule has 0 bridgehead atoms. The molecule has 0 unspecified atom stereocenters. The Morgan fingerprint density at radius 1 is 1.42 bits per heavy atom. The normalized spacial score (nSPS) is 11.0. The predicted molar refractivity (Wildman–Crippen MR) is 73.5 cm³/mol. The maximum absolute atomic E-state index is 12.5. The molecule has 0 aliphatic rings. The standard InChI is InChI=1S/C12H11BrF2N2OS/c1-17-6-5-11(16-17)18-7-8-9(13)3-2-4-10(8)19-12(14)15/h2-6,12H,7H2,1H3. The third kappa shape index (κ3) is 3.94. The molecule has 7 heteroatoms. The number of hydrogen-bond acceptors (Lipinski definition) is 3. The van der Waals surface area contributed by atoms with Gasteiger partial charge in [-0.15, -0.1) is 5.10 Å². The molecule has 0 spiro atoms. The minimum atomic E-state index is -2.46. The van der Waals surface area contributed by atoms with Gasteiger partial charge in [0.15, 0.2) is 0 Å². The number of aromatic nitrogens is 2. The Balaban J connectivity index is 2.14. The van der Waals surface area contributed by atoms with Crippen molar-refractivity contribution in [1.29, 1.82) is 0 Å². The van der Waals surface area contributed by atoms with Crippen molar-refractivity contribution in [3.05, 3.63) is 40.5 Å². The summed E-state index contributed by atoms with van der Waals surface area (Å²) in [5.41, 5.74) is 0.693. The lowest BCUT2D eigenvalue weighted by molar-refractivity contribution is 0.251. The van der Waals surface area contributed by atoms with Crippen LogP contribution in [-0.4, -0.2) is 15.5 Å². The fourth-order valence-corrected chi connectivity index (χ4v) is 2.77. The van der Waals surface area contributed by atoms with Crippen LogP contribution in [0.3, 0.4) is 0 Å². The van der Waals surface area contributed by atoms with Crippen molar-refractivity contribution in [3.63, 3.8) is 0 Å². The van der Waals surface area contributed by atoms with Crippen LogP contribution >= 0.6 is 27.7 Å². The van der Waals surface area contributed by atoms with E-state index >= 15 is 0 Å². The van der Waals surface area contributed by atoms with Gasteiger partial charge in [0, 0.05) is 34.2 Å². The molecule has 0 fully saturated rings. The van der Waals surface area contributed by atoms with Gasteiger partial charge in [0.2, 0.25) is 5.88 Å². The maximum Gasteiger partial charge on any atom is 0.288 e. The average molecular weight is 349 g/mol. The van der Waals surface area contributed by atoms with Gasteiger partial charge in [-0.05, 0) is 12.1 Å². The lowest BCUT2D eigenvalue weighted by atomic mass is 10.2. The van der Waals surface area contributed by atoms with E-state index in [9.17, 15) is 8.78 Å². The van der Waals surface area contributed by atoms with Gasteiger partial charge in [-0.25, -0.2) is 0 Å². The number of hydrogen-bond donors (Lipinski definition) is 0. The van der Waals surface area contributed by atoms with Crippen LogP contribution < -0.4 is 4.74 Å². The summed E-state index contributed by atoms with van der Waals surface area (Å²) in [5, 5.41) is 4.07. The lowest BCUT2D eigenvalue weighted by Crippen LogP contribution is -2.00. The van der Waals surface area contributed by atoms with Crippen molar-refractivity contribution < 1.29 is 13.5 Å². The first kappa shape index (κ1) is 14.3. The molecule has 0 aliphatic carbocycles. The number of rotatable bonds is 5. The fourth-order valence-electron chi connectivity index (χ4n) is 1.50. The molecule has 0 aliphatic heterocycles. The van der Waals surface area contributed by atoms with E-state index in [0.717, 1.165) is 4.47 Å². The molecule has 3 nitrogen and oxygen atoms in total. The van der Waals surface area contributed by atoms with Gasteiger partial charge in [0.1, 0.15) is 6.61 Å². The summed E-state index contributed by atoms with van der Waals surface area (Å²) < 4.78 is 32.8. The largest absolute Gasteiger partial charge is 0.472 e. The molecule has 1 aromatic heterocycles. The summed E-state index contributed by atoms with van der Waals surface area (Å²) in [6.07, 6.45) is 1.75. The van der Waals surface area contributed by atoms with Crippen LogP contribution in [0.1, 0.15) is 5.56 Å². The van der Waals surface area contributed by atoms with E-state index in [1.807, 2.05) is 0 Å². The highest BCUT2D eigenvalue weighted by molar-refractivity contribution is 9.10. The van der Waals surface area contributed by atoms with Crippen LogP contribution in [0, 0.1) is 0 Å². The number of nitrogens with zero attached hydrogens (tertiary/aromatic N) is 2. The molecule has 0 saturated carbocycles. The zero-order valence-corrected chi connectivity index (χ0v) is 12.4. The molecular weight excluding hydrogens is 338 g/mol. The summed E-state index contributed by atoms with van der Waals surface area (Å²) in [7, 11) is 1.78. The van der Waals surface area contributed by atoms with Crippen LogP contribution in [0.15, 0.2) is 39.8 Å². The summed E-state index contributed by atoms with van der Waals surface area (Å²) in [4.78, 5) is 0.500. The van der Waals surface area contributed by atoms with Crippen LogP contribution in [0.4, 0.5) is 8.78 Å². The highest BCUT2D eigenvalue weighted by Crippen LogP contribution is 2.33. The van der Waals surface area contributed by atoms with Crippen molar-refractivity contribution in [2.24, 2.45) is 7.05 Å². The topological polar surface area (TPSA) is 27.1 Å². The Morgan fingerprint density at radius 2 is 2.21 bits per heavy atom. The third-order valence-corrected chi connectivity index (χ3v) is 3.90. The Kier molecular flexibility index (Phi) is 4.81. The van der Waals surface area contributed by atoms with Crippen molar-refractivity contribution in [3.8, 4) is 5.88 Å². The molecule has 102 valence electrons. The highest BCUT2D eigenvalue weighted by atomic mass is 79.9. The molecule has 0 N–H and O–H groups in total. The van der Waals surface area contributed by atoms with Gasteiger partial charge < -0.3 is 4.74 Å². The van der Waals surface area contributed by atoms with Gasteiger partial charge in [-0.3, -0.25) is 4.68 Å². The zero-order valence-electron chi connectivity index (χ0n) is 10.0. The first-order valence-electron chi connectivity index (χ1n) is 5.41. The number of aryl methyl sites for hydroxylation is 1. The van der Waals surface area contributed by atoms with E-state index in [1.165, 1.54) is 0 Å². The molecule has 0 saturated heterocycles. The van der Waals surface area contributed by atoms with Crippen LogP contribution in [0.25, 0.3) is 0 Å². The number of thioether (sulfide) groups is 1. The number of alkyl halides is 2. The Bertz CT molecular complexity index is 562. The third-order valence-electron chi connectivity index (χ3n) is 2.35. The number of benzene rings is 1.